The molecule has 2 fully saturated rings. The minimum absolute atomic E-state index is 0.0663. The molecule has 172 valence electrons. The Bertz CT molecular complexity index is 829. The standard InChI is InChI=1S/C26H36N4O2/c1-22(26(31)27-23-10-12-24(13-11-23)30-14-6-3-7-15-30)29-18-16-28(17-19-29)20-21-32-25-8-4-2-5-9-25/h2,4-5,8-13,22H,3,6-7,14-21H2,1H3,(H,27,31)/t22-/m1/s1. The molecule has 0 saturated carbocycles. The topological polar surface area (TPSA) is 48.1 Å². The minimum atomic E-state index is -0.139. The molecule has 2 saturated heterocycles. The Balaban J connectivity index is 1.18. The summed E-state index contributed by atoms with van der Waals surface area (Å²) in [7, 11) is 0. The van der Waals surface area contributed by atoms with Gasteiger partial charge in [0.25, 0.3) is 0 Å². The molecule has 2 aliphatic rings. The zero-order valence-corrected chi connectivity index (χ0v) is 19.2. The Morgan fingerprint density at radius 1 is 0.906 bits per heavy atom. The van der Waals surface area contributed by atoms with Crippen LogP contribution in [0.3, 0.4) is 0 Å². The summed E-state index contributed by atoms with van der Waals surface area (Å²) in [5.41, 5.74) is 2.13. The maximum Gasteiger partial charge on any atom is 0.241 e. The molecule has 0 aromatic heterocycles. The molecular weight excluding hydrogens is 400 g/mol. The summed E-state index contributed by atoms with van der Waals surface area (Å²) in [4.78, 5) is 19.9. The van der Waals surface area contributed by atoms with Gasteiger partial charge in [0.1, 0.15) is 12.4 Å². The first-order valence-electron chi connectivity index (χ1n) is 12.0. The van der Waals surface area contributed by atoms with Crippen molar-refractivity contribution in [2.24, 2.45) is 0 Å². The molecule has 1 N–H and O–H groups in total. The monoisotopic (exact) mass is 436 g/mol. The van der Waals surface area contributed by atoms with Crippen LogP contribution in [0.1, 0.15) is 26.2 Å². The summed E-state index contributed by atoms with van der Waals surface area (Å²) in [6.07, 6.45) is 3.87. The third kappa shape index (κ3) is 6.24. The van der Waals surface area contributed by atoms with Gasteiger partial charge in [-0.25, -0.2) is 0 Å². The SMILES string of the molecule is C[C@H](C(=O)Nc1ccc(N2CCCCC2)cc1)N1CCN(CCOc2ccccc2)CC1. The van der Waals surface area contributed by atoms with Crippen LogP contribution in [0.25, 0.3) is 0 Å². The number of hydrogen-bond donors (Lipinski definition) is 1. The van der Waals surface area contributed by atoms with E-state index in [0.29, 0.717) is 6.61 Å². The fourth-order valence-corrected chi connectivity index (χ4v) is 4.50. The summed E-state index contributed by atoms with van der Waals surface area (Å²) >= 11 is 0. The number of nitrogens with zero attached hydrogens (tertiary/aromatic N) is 3. The van der Waals surface area contributed by atoms with Crippen molar-refractivity contribution >= 4 is 17.3 Å². The highest BCUT2D eigenvalue weighted by molar-refractivity contribution is 5.94. The predicted molar refractivity (Wildman–Crippen MR) is 131 cm³/mol. The smallest absolute Gasteiger partial charge is 0.241 e. The fourth-order valence-electron chi connectivity index (χ4n) is 4.50. The highest BCUT2D eigenvalue weighted by Crippen LogP contribution is 2.22. The number of amides is 1. The van der Waals surface area contributed by atoms with Crippen molar-refractivity contribution in [2.45, 2.75) is 32.2 Å². The summed E-state index contributed by atoms with van der Waals surface area (Å²) in [6, 6.07) is 18.1. The van der Waals surface area contributed by atoms with Crippen LogP contribution in [0.4, 0.5) is 11.4 Å². The molecular formula is C26H36N4O2. The van der Waals surface area contributed by atoms with Crippen molar-refractivity contribution in [3.8, 4) is 5.75 Å². The van der Waals surface area contributed by atoms with Gasteiger partial charge in [0.15, 0.2) is 0 Å². The highest BCUT2D eigenvalue weighted by atomic mass is 16.5. The number of piperazine rings is 1. The molecule has 0 aliphatic carbocycles. The van der Waals surface area contributed by atoms with Crippen LogP contribution in [-0.4, -0.2) is 74.2 Å². The largest absolute Gasteiger partial charge is 0.492 e. The van der Waals surface area contributed by atoms with E-state index in [2.05, 4.69) is 32.1 Å². The lowest BCUT2D eigenvalue weighted by Gasteiger charge is -2.37. The molecule has 0 spiro atoms. The summed E-state index contributed by atoms with van der Waals surface area (Å²) in [5.74, 6) is 0.983. The number of rotatable bonds is 8. The van der Waals surface area contributed by atoms with Crippen molar-refractivity contribution in [1.82, 2.24) is 9.80 Å². The van der Waals surface area contributed by atoms with Crippen LogP contribution in [0.2, 0.25) is 0 Å². The number of carbonyl (C=O) groups is 1. The fraction of sp³-hybridized carbons (Fsp3) is 0.500. The molecule has 4 rings (SSSR count). The molecule has 0 radical (unpaired) electrons. The Morgan fingerprint density at radius 3 is 2.28 bits per heavy atom. The minimum Gasteiger partial charge on any atom is -0.492 e. The lowest BCUT2D eigenvalue weighted by molar-refractivity contribution is -0.121. The maximum absolute atomic E-state index is 12.8. The average Bonchev–Trinajstić information content (AvgIpc) is 2.86. The zero-order valence-electron chi connectivity index (χ0n) is 19.2. The molecule has 1 atom stereocenters. The molecule has 6 heteroatoms. The normalized spacial score (nSPS) is 18.8. The Morgan fingerprint density at radius 2 is 1.59 bits per heavy atom. The summed E-state index contributed by atoms with van der Waals surface area (Å²) in [5, 5.41) is 3.10. The Kier molecular flexibility index (Phi) is 8.02. The second-order valence-corrected chi connectivity index (χ2v) is 8.80. The van der Waals surface area contributed by atoms with Crippen molar-refractivity contribution in [1.29, 1.82) is 0 Å². The van der Waals surface area contributed by atoms with Crippen LogP contribution in [-0.2, 0) is 4.79 Å². The number of benzene rings is 2. The number of carbonyl (C=O) groups excluding carboxylic acids is 1. The van der Waals surface area contributed by atoms with Crippen molar-refractivity contribution < 1.29 is 9.53 Å². The molecule has 2 heterocycles. The van der Waals surface area contributed by atoms with E-state index < -0.39 is 0 Å². The summed E-state index contributed by atoms with van der Waals surface area (Å²) in [6.45, 7) is 9.58. The van der Waals surface area contributed by atoms with E-state index >= 15 is 0 Å². The Hall–Kier alpha value is -2.57. The van der Waals surface area contributed by atoms with E-state index in [1.165, 1.54) is 24.9 Å². The number of hydrogen-bond acceptors (Lipinski definition) is 5. The van der Waals surface area contributed by atoms with Gasteiger partial charge in [-0.2, -0.15) is 0 Å². The third-order valence-corrected chi connectivity index (χ3v) is 6.61. The first-order valence-corrected chi connectivity index (χ1v) is 12.0. The highest BCUT2D eigenvalue weighted by Gasteiger charge is 2.25. The van der Waals surface area contributed by atoms with Crippen LogP contribution < -0.4 is 15.0 Å². The Labute approximate surface area is 192 Å². The van der Waals surface area contributed by atoms with Crippen molar-refractivity contribution in [3.05, 3.63) is 54.6 Å². The van der Waals surface area contributed by atoms with Gasteiger partial charge in [0.05, 0.1) is 6.04 Å². The molecule has 6 nitrogen and oxygen atoms in total. The maximum atomic E-state index is 12.8. The molecule has 2 aromatic carbocycles. The number of para-hydroxylation sites is 1. The second kappa shape index (κ2) is 11.3. The summed E-state index contributed by atoms with van der Waals surface area (Å²) < 4.78 is 5.81. The molecule has 32 heavy (non-hydrogen) atoms. The molecule has 0 unspecified atom stereocenters. The van der Waals surface area contributed by atoms with E-state index in [1.54, 1.807) is 0 Å². The van der Waals surface area contributed by atoms with Crippen molar-refractivity contribution in [3.63, 3.8) is 0 Å². The van der Waals surface area contributed by atoms with Gasteiger partial charge in [-0.15, -0.1) is 0 Å². The zero-order chi connectivity index (χ0) is 22.2. The van der Waals surface area contributed by atoms with E-state index in [-0.39, 0.29) is 11.9 Å². The number of anilines is 2. The lowest BCUT2D eigenvalue weighted by Crippen LogP contribution is -2.53. The van der Waals surface area contributed by atoms with Gasteiger partial charge >= 0.3 is 0 Å². The van der Waals surface area contributed by atoms with E-state index in [4.69, 9.17) is 4.74 Å². The van der Waals surface area contributed by atoms with Gasteiger partial charge in [0, 0.05) is 57.2 Å². The lowest BCUT2D eigenvalue weighted by atomic mass is 10.1. The number of piperidine rings is 1. The number of ether oxygens (including phenoxy) is 1. The molecule has 2 aromatic rings. The average molecular weight is 437 g/mol. The van der Waals surface area contributed by atoms with E-state index in [1.807, 2.05) is 49.4 Å². The first-order chi connectivity index (χ1) is 15.7. The van der Waals surface area contributed by atoms with Crippen LogP contribution in [0.5, 0.6) is 5.75 Å². The molecule has 2 aliphatic heterocycles. The predicted octanol–water partition coefficient (Wildman–Crippen LogP) is 3.70. The first kappa shape index (κ1) is 22.6. The van der Waals surface area contributed by atoms with Gasteiger partial charge < -0.3 is 15.0 Å². The van der Waals surface area contributed by atoms with E-state index in [0.717, 1.165) is 57.3 Å². The van der Waals surface area contributed by atoms with Gasteiger partial charge in [-0.1, -0.05) is 18.2 Å². The van der Waals surface area contributed by atoms with Gasteiger partial charge in [-0.3, -0.25) is 14.6 Å². The quantitative estimate of drug-likeness (QED) is 0.684. The number of nitrogens with one attached hydrogen (secondary N) is 1. The van der Waals surface area contributed by atoms with Crippen LogP contribution >= 0.6 is 0 Å². The second-order valence-electron chi connectivity index (χ2n) is 8.80. The van der Waals surface area contributed by atoms with Gasteiger partial charge in [-0.05, 0) is 62.6 Å². The van der Waals surface area contributed by atoms with Crippen molar-refractivity contribution in [2.75, 3.05) is 62.6 Å². The third-order valence-electron chi connectivity index (χ3n) is 6.61. The van der Waals surface area contributed by atoms with Gasteiger partial charge in [0.2, 0.25) is 5.91 Å². The van der Waals surface area contributed by atoms with E-state index in [9.17, 15) is 4.79 Å². The molecule has 1 amide bonds. The molecule has 0 bridgehead atoms. The van der Waals surface area contributed by atoms with Crippen LogP contribution in [0.15, 0.2) is 54.6 Å². The van der Waals surface area contributed by atoms with Crippen LogP contribution in [0, 0.1) is 0 Å².